The van der Waals surface area contributed by atoms with E-state index in [9.17, 15) is 4.79 Å². The maximum atomic E-state index is 12.9. The van der Waals surface area contributed by atoms with Crippen molar-refractivity contribution in [3.8, 4) is 0 Å². The van der Waals surface area contributed by atoms with Crippen LogP contribution in [0.3, 0.4) is 0 Å². The fourth-order valence-corrected chi connectivity index (χ4v) is 4.89. The van der Waals surface area contributed by atoms with Crippen LogP contribution in [0.1, 0.15) is 36.9 Å². The highest BCUT2D eigenvalue weighted by atomic mass is 16.5. The molecule has 8 nitrogen and oxygen atoms in total. The number of carbonyl (C=O) groups excluding carboxylic acids is 1. The minimum atomic E-state index is 0.0644. The van der Waals surface area contributed by atoms with Crippen molar-refractivity contribution in [1.82, 2.24) is 25.3 Å². The molecule has 2 aliphatic heterocycles. The van der Waals surface area contributed by atoms with Gasteiger partial charge >= 0.3 is 0 Å². The molecule has 8 heteroatoms. The summed E-state index contributed by atoms with van der Waals surface area (Å²) in [6.45, 7) is 6.54. The molecule has 2 fully saturated rings. The standard InChI is InChI=1S/C24H30N6O2/c1-17-21-22(25-16-26-24(21)32-28-17)30-13-7-19(8-14-30)23(31)27-20-9-11-29(12-10-20)15-18-5-3-2-4-6-18/h2-6,16,19-20H,7-15H2,1H3,(H,27,31). The first-order chi connectivity index (χ1) is 15.7. The van der Waals surface area contributed by atoms with Gasteiger partial charge in [0.1, 0.15) is 17.5 Å². The van der Waals surface area contributed by atoms with Crippen LogP contribution in [0.2, 0.25) is 0 Å². The van der Waals surface area contributed by atoms with Gasteiger partial charge in [-0.1, -0.05) is 35.5 Å². The first-order valence-corrected chi connectivity index (χ1v) is 11.6. The highest BCUT2D eigenvalue weighted by molar-refractivity contribution is 5.88. The Hall–Kier alpha value is -3.00. The quantitative estimate of drug-likeness (QED) is 0.661. The van der Waals surface area contributed by atoms with Crippen LogP contribution in [-0.2, 0) is 11.3 Å². The molecule has 3 aromatic rings. The average Bonchev–Trinajstić information content (AvgIpc) is 3.22. The van der Waals surface area contributed by atoms with E-state index in [-0.39, 0.29) is 17.9 Å². The van der Waals surface area contributed by atoms with Gasteiger partial charge in [0.05, 0.1) is 5.69 Å². The molecule has 1 aromatic carbocycles. The molecule has 0 saturated carbocycles. The number of rotatable bonds is 5. The van der Waals surface area contributed by atoms with E-state index in [0.29, 0.717) is 5.71 Å². The molecule has 168 valence electrons. The topological polar surface area (TPSA) is 87.4 Å². The van der Waals surface area contributed by atoms with Crippen LogP contribution >= 0.6 is 0 Å². The fourth-order valence-electron chi connectivity index (χ4n) is 4.89. The number of carbonyl (C=O) groups is 1. The van der Waals surface area contributed by atoms with Gasteiger partial charge in [-0.15, -0.1) is 0 Å². The number of aromatic nitrogens is 3. The van der Waals surface area contributed by atoms with Gasteiger partial charge in [-0.3, -0.25) is 9.69 Å². The molecule has 4 heterocycles. The van der Waals surface area contributed by atoms with Crippen LogP contribution in [0.5, 0.6) is 0 Å². The van der Waals surface area contributed by atoms with E-state index in [1.807, 2.05) is 6.92 Å². The van der Waals surface area contributed by atoms with Gasteiger partial charge < -0.3 is 14.7 Å². The monoisotopic (exact) mass is 434 g/mol. The first kappa shape index (κ1) is 20.9. The summed E-state index contributed by atoms with van der Waals surface area (Å²) in [5, 5.41) is 8.22. The molecule has 0 atom stereocenters. The molecule has 0 aliphatic carbocycles. The highest BCUT2D eigenvalue weighted by Crippen LogP contribution is 2.29. The predicted molar refractivity (Wildman–Crippen MR) is 122 cm³/mol. The van der Waals surface area contributed by atoms with Gasteiger partial charge in [-0.05, 0) is 38.2 Å². The zero-order valence-corrected chi connectivity index (χ0v) is 18.5. The van der Waals surface area contributed by atoms with E-state index >= 15 is 0 Å². The zero-order valence-electron chi connectivity index (χ0n) is 18.5. The van der Waals surface area contributed by atoms with E-state index in [0.717, 1.165) is 75.3 Å². The van der Waals surface area contributed by atoms with E-state index in [1.54, 1.807) is 0 Å². The Morgan fingerprint density at radius 2 is 1.81 bits per heavy atom. The largest absolute Gasteiger partial charge is 0.356 e. The molecule has 0 spiro atoms. The second kappa shape index (κ2) is 9.24. The van der Waals surface area contributed by atoms with E-state index in [2.05, 4.69) is 60.6 Å². The highest BCUT2D eigenvalue weighted by Gasteiger charge is 2.29. The SMILES string of the molecule is Cc1noc2ncnc(N3CCC(C(=O)NC4CCN(Cc5ccccc5)CC4)CC3)c12. The smallest absolute Gasteiger partial charge is 0.263 e. The van der Waals surface area contributed by atoms with Gasteiger partial charge in [0.2, 0.25) is 5.91 Å². The first-order valence-electron chi connectivity index (χ1n) is 11.6. The maximum absolute atomic E-state index is 12.9. The Labute approximate surface area is 188 Å². The second-order valence-corrected chi connectivity index (χ2v) is 8.95. The van der Waals surface area contributed by atoms with E-state index in [1.165, 1.54) is 11.9 Å². The van der Waals surface area contributed by atoms with E-state index < -0.39 is 0 Å². The molecule has 32 heavy (non-hydrogen) atoms. The van der Waals surface area contributed by atoms with Crippen LogP contribution in [0.4, 0.5) is 5.82 Å². The fraction of sp³-hybridized carbons (Fsp3) is 0.500. The number of amides is 1. The average molecular weight is 435 g/mol. The molecule has 5 rings (SSSR count). The number of nitrogens with zero attached hydrogens (tertiary/aromatic N) is 5. The Morgan fingerprint density at radius 3 is 2.56 bits per heavy atom. The maximum Gasteiger partial charge on any atom is 0.263 e. The van der Waals surface area contributed by atoms with E-state index in [4.69, 9.17) is 4.52 Å². The van der Waals surface area contributed by atoms with Gasteiger partial charge in [-0.25, -0.2) is 4.98 Å². The third-order valence-corrected chi connectivity index (χ3v) is 6.77. The minimum Gasteiger partial charge on any atom is -0.356 e. The number of hydrogen-bond acceptors (Lipinski definition) is 7. The van der Waals surface area contributed by atoms with Crippen LogP contribution in [-0.4, -0.2) is 58.2 Å². The summed E-state index contributed by atoms with van der Waals surface area (Å²) < 4.78 is 5.27. The van der Waals surface area contributed by atoms with Crippen LogP contribution in [0, 0.1) is 12.8 Å². The summed E-state index contributed by atoms with van der Waals surface area (Å²) in [5.74, 6) is 1.13. The summed E-state index contributed by atoms with van der Waals surface area (Å²) in [7, 11) is 0. The number of piperidine rings is 2. The summed E-state index contributed by atoms with van der Waals surface area (Å²) in [5.41, 5.74) is 2.67. The molecule has 2 aromatic heterocycles. The lowest BCUT2D eigenvalue weighted by molar-refractivity contribution is -0.126. The Morgan fingerprint density at radius 1 is 1.06 bits per heavy atom. The van der Waals surface area contributed by atoms with Crippen LogP contribution in [0.15, 0.2) is 41.2 Å². The summed E-state index contributed by atoms with van der Waals surface area (Å²) in [4.78, 5) is 26.2. The van der Waals surface area contributed by atoms with Gasteiger partial charge in [0, 0.05) is 44.7 Å². The number of fused-ring (bicyclic) bond motifs is 1. The number of aryl methyl sites for hydroxylation is 1. The summed E-state index contributed by atoms with van der Waals surface area (Å²) >= 11 is 0. The molecule has 0 unspecified atom stereocenters. The third-order valence-electron chi connectivity index (χ3n) is 6.77. The molecular formula is C24H30N6O2. The molecule has 1 N–H and O–H groups in total. The Kier molecular flexibility index (Phi) is 6.03. The van der Waals surface area contributed by atoms with Crippen molar-refractivity contribution in [3.63, 3.8) is 0 Å². The number of anilines is 1. The minimum absolute atomic E-state index is 0.0644. The van der Waals surface area contributed by atoms with Crippen molar-refractivity contribution < 1.29 is 9.32 Å². The number of hydrogen-bond donors (Lipinski definition) is 1. The number of benzene rings is 1. The molecular weight excluding hydrogens is 404 g/mol. The van der Waals surface area contributed by atoms with Gasteiger partial charge in [-0.2, -0.15) is 4.98 Å². The number of likely N-dealkylation sites (tertiary alicyclic amines) is 1. The molecule has 2 saturated heterocycles. The molecule has 2 aliphatic rings. The predicted octanol–water partition coefficient (Wildman–Crippen LogP) is 2.92. The van der Waals surface area contributed by atoms with Crippen molar-refractivity contribution in [2.24, 2.45) is 5.92 Å². The zero-order chi connectivity index (χ0) is 21.9. The van der Waals surface area contributed by atoms with Crippen LogP contribution in [0.25, 0.3) is 11.1 Å². The lowest BCUT2D eigenvalue weighted by Crippen LogP contribution is -2.48. The van der Waals surface area contributed by atoms with Gasteiger partial charge in [0.15, 0.2) is 0 Å². The van der Waals surface area contributed by atoms with Crippen molar-refractivity contribution in [3.05, 3.63) is 47.9 Å². The van der Waals surface area contributed by atoms with Gasteiger partial charge in [0.25, 0.3) is 5.71 Å². The Balaban J connectivity index is 1.10. The molecule has 0 radical (unpaired) electrons. The lowest BCUT2D eigenvalue weighted by Gasteiger charge is -2.35. The van der Waals surface area contributed by atoms with Crippen molar-refractivity contribution >= 4 is 22.8 Å². The second-order valence-electron chi connectivity index (χ2n) is 8.95. The molecule has 0 bridgehead atoms. The number of nitrogens with one attached hydrogen (secondary N) is 1. The summed E-state index contributed by atoms with van der Waals surface area (Å²) in [6, 6.07) is 10.9. The van der Waals surface area contributed by atoms with Crippen molar-refractivity contribution in [2.75, 3.05) is 31.1 Å². The normalized spacial score (nSPS) is 18.8. The lowest BCUT2D eigenvalue weighted by atomic mass is 9.94. The Bertz CT molecular complexity index is 1050. The third kappa shape index (κ3) is 4.46. The summed E-state index contributed by atoms with van der Waals surface area (Å²) in [6.07, 6.45) is 5.21. The molecule has 1 amide bonds. The van der Waals surface area contributed by atoms with Crippen molar-refractivity contribution in [1.29, 1.82) is 0 Å². The van der Waals surface area contributed by atoms with Crippen LogP contribution < -0.4 is 10.2 Å². The van der Waals surface area contributed by atoms with Crippen molar-refractivity contribution in [2.45, 2.75) is 45.2 Å².